The molecule has 4 aromatic rings. The van der Waals surface area contributed by atoms with E-state index in [9.17, 15) is 16.8 Å². The number of hydrogen-bond acceptors (Lipinski definition) is 6. The molecule has 4 rings (SSSR count). The molecule has 0 saturated carbocycles. The van der Waals surface area contributed by atoms with E-state index in [1.54, 1.807) is 18.3 Å². The third-order valence-corrected chi connectivity index (χ3v) is 6.74. The van der Waals surface area contributed by atoms with Crippen molar-refractivity contribution in [3.8, 4) is 22.8 Å². The second kappa shape index (κ2) is 7.99. The Kier molecular flexibility index (Phi) is 5.36. The van der Waals surface area contributed by atoms with Crippen LogP contribution >= 0.6 is 0 Å². The van der Waals surface area contributed by atoms with Crippen molar-refractivity contribution in [2.45, 2.75) is 9.79 Å². The van der Waals surface area contributed by atoms with Crippen molar-refractivity contribution in [1.29, 1.82) is 0 Å². The smallest absolute Gasteiger partial charge is 0.261 e. The Hall–Kier alpha value is -3.47. The van der Waals surface area contributed by atoms with Crippen molar-refractivity contribution < 1.29 is 21.3 Å². The van der Waals surface area contributed by atoms with Crippen LogP contribution in [0.3, 0.4) is 0 Å². The van der Waals surface area contributed by atoms with Crippen LogP contribution in [0.5, 0.6) is 0 Å². The number of primary sulfonamides is 1. The van der Waals surface area contributed by atoms with Gasteiger partial charge >= 0.3 is 0 Å². The molecule has 0 aliphatic rings. The average molecular weight is 456 g/mol. The molecule has 0 spiro atoms. The van der Waals surface area contributed by atoms with E-state index in [0.717, 1.165) is 5.56 Å². The molecule has 3 aromatic carbocycles. The Morgan fingerprint density at radius 1 is 0.742 bits per heavy atom. The van der Waals surface area contributed by atoms with E-state index in [1.807, 2.05) is 30.3 Å². The summed E-state index contributed by atoms with van der Waals surface area (Å²) >= 11 is 0. The number of anilines is 1. The first kappa shape index (κ1) is 20.8. The second-order valence-electron chi connectivity index (χ2n) is 6.59. The fourth-order valence-electron chi connectivity index (χ4n) is 2.85. The monoisotopic (exact) mass is 455 g/mol. The van der Waals surface area contributed by atoms with Crippen LogP contribution in [-0.4, -0.2) is 21.8 Å². The van der Waals surface area contributed by atoms with E-state index in [4.69, 9.17) is 9.56 Å². The predicted molar refractivity (Wildman–Crippen MR) is 116 cm³/mol. The normalized spacial score (nSPS) is 11.9. The van der Waals surface area contributed by atoms with E-state index < -0.39 is 20.0 Å². The van der Waals surface area contributed by atoms with E-state index in [1.165, 1.54) is 36.4 Å². The van der Waals surface area contributed by atoms with Crippen molar-refractivity contribution >= 4 is 25.7 Å². The molecule has 31 heavy (non-hydrogen) atoms. The van der Waals surface area contributed by atoms with Crippen LogP contribution in [0.4, 0.5) is 5.69 Å². The maximum atomic E-state index is 12.6. The number of benzene rings is 3. The molecule has 1 aromatic heterocycles. The van der Waals surface area contributed by atoms with Crippen molar-refractivity contribution in [3.63, 3.8) is 0 Å². The Balaban J connectivity index is 1.53. The molecule has 0 atom stereocenters. The number of nitrogens with two attached hydrogens (primary N) is 1. The number of aromatic nitrogens is 1. The SMILES string of the molecule is NS(=O)(=O)c1ccc(NS(=O)(=O)c2ccc(-c3ncc(-c4ccccc4)o3)cc2)cc1. The molecule has 3 N–H and O–H groups in total. The van der Waals surface area contributed by atoms with Crippen LogP contribution in [0.1, 0.15) is 0 Å². The van der Waals surface area contributed by atoms with E-state index in [2.05, 4.69) is 9.71 Å². The topological polar surface area (TPSA) is 132 Å². The fraction of sp³-hybridized carbons (Fsp3) is 0. The van der Waals surface area contributed by atoms with E-state index in [-0.39, 0.29) is 15.5 Å². The number of nitrogens with one attached hydrogen (secondary N) is 1. The largest absolute Gasteiger partial charge is 0.436 e. The average Bonchev–Trinajstić information content (AvgIpc) is 3.24. The third kappa shape index (κ3) is 4.66. The fourth-order valence-corrected chi connectivity index (χ4v) is 4.42. The summed E-state index contributed by atoms with van der Waals surface area (Å²) in [6.45, 7) is 0. The Labute approximate surface area is 179 Å². The molecular weight excluding hydrogens is 438 g/mol. The lowest BCUT2D eigenvalue weighted by molar-refractivity contribution is 0.588. The minimum atomic E-state index is -3.88. The van der Waals surface area contributed by atoms with Crippen molar-refractivity contribution in [3.05, 3.63) is 85.1 Å². The lowest BCUT2D eigenvalue weighted by Gasteiger charge is -2.09. The highest BCUT2D eigenvalue weighted by Gasteiger charge is 2.16. The molecule has 0 radical (unpaired) electrons. The first-order chi connectivity index (χ1) is 14.7. The molecule has 8 nitrogen and oxygen atoms in total. The van der Waals surface area contributed by atoms with Gasteiger partial charge in [-0.3, -0.25) is 4.72 Å². The summed E-state index contributed by atoms with van der Waals surface area (Å²) in [4.78, 5) is 4.18. The van der Waals surface area contributed by atoms with Crippen molar-refractivity contribution in [1.82, 2.24) is 4.98 Å². The number of sulfonamides is 2. The van der Waals surface area contributed by atoms with Crippen molar-refractivity contribution in [2.24, 2.45) is 5.14 Å². The zero-order chi connectivity index (χ0) is 22.1. The number of oxazole rings is 1. The van der Waals surface area contributed by atoms with Gasteiger partial charge in [0.25, 0.3) is 10.0 Å². The van der Waals surface area contributed by atoms with Gasteiger partial charge in [0.15, 0.2) is 5.76 Å². The molecule has 158 valence electrons. The highest BCUT2D eigenvalue weighted by molar-refractivity contribution is 7.92. The summed E-state index contributed by atoms with van der Waals surface area (Å²) in [5, 5.41) is 5.04. The van der Waals surface area contributed by atoms with Gasteiger partial charge in [-0.1, -0.05) is 30.3 Å². The number of nitrogens with zero attached hydrogens (tertiary/aromatic N) is 1. The van der Waals surface area contributed by atoms with Crippen LogP contribution in [0.2, 0.25) is 0 Å². The zero-order valence-corrected chi connectivity index (χ0v) is 17.6. The summed E-state index contributed by atoms with van der Waals surface area (Å²) in [5.41, 5.74) is 1.72. The summed E-state index contributed by atoms with van der Waals surface area (Å²) in [5.74, 6) is 0.978. The van der Waals surface area contributed by atoms with Gasteiger partial charge in [0, 0.05) is 16.8 Å². The maximum Gasteiger partial charge on any atom is 0.261 e. The van der Waals surface area contributed by atoms with Gasteiger partial charge in [0.2, 0.25) is 15.9 Å². The van der Waals surface area contributed by atoms with Crippen LogP contribution < -0.4 is 9.86 Å². The van der Waals surface area contributed by atoms with Crippen LogP contribution in [0, 0.1) is 0 Å². The first-order valence-electron chi connectivity index (χ1n) is 9.00. The maximum absolute atomic E-state index is 12.6. The minimum Gasteiger partial charge on any atom is -0.436 e. The van der Waals surface area contributed by atoms with Gasteiger partial charge in [-0.05, 0) is 48.5 Å². The molecular formula is C21H17N3O5S2. The van der Waals surface area contributed by atoms with Crippen LogP contribution in [0.25, 0.3) is 22.8 Å². The van der Waals surface area contributed by atoms with Gasteiger partial charge in [-0.15, -0.1) is 0 Å². The standard InChI is InChI=1S/C21H17N3O5S2/c22-30(25,26)18-12-8-17(9-13-18)24-31(27,28)19-10-6-16(7-11-19)21-23-14-20(29-21)15-4-2-1-3-5-15/h1-14,24H,(H2,22,25,26). The quantitative estimate of drug-likeness (QED) is 0.458. The Morgan fingerprint density at radius 3 is 1.97 bits per heavy atom. The summed E-state index contributed by atoms with van der Waals surface area (Å²) in [6, 6.07) is 20.7. The van der Waals surface area contributed by atoms with Gasteiger partial charge in [-0.2, -0.15) is 0 Å². The van der Waals surface area contributed by atoms with Crippen molar-refractivity contribution in [2.75, 3.05) is 4.72 Å². The Bertz CT molecular complexity index is 1410. The van der Waals surface area contributed by atoms with Crippen LogP contribution in [-0.2, 0) is 20.0 Å². The second-order valence-corrected chi connectivity index (χ2v) is 9.84. The van der Waals surface area contributed by atoms with Gasteiger partial charge < -0.3 is 4.42 Å². The number of hydrogen-bond donors (Lipinski definition) is 2. The van der Waals surface area contributed by atoms with Gasteiger partial charge in [0.1, 0.15) is 0 Å². The van der Waals surface area contributed by atoms with Gasteiger partial charge in [0.05, 0.1) is 16.0 Å². The molecule has 0 unspecified atom stereocenters. The van der Waals surface area contributed by atoms with E-state index >= 15 is 0 Å². The minimum absolute atomic E-state index is 0.0293. The molecule has 0 amide bonds. The first-order valence-corrected chi connectivity index (χ1v) is 12.0. The highest BCUT2D eigenvalue weighted by atomic mass is 32.2. The summed E-state index contributed by atoms with van der Waals surface area (Å²) in [7, 11) is -7.73. The Morgan fingerprint density at radius 2 is 1.35 bits per heavy atom. The molecule has 0 bridgehead atoms. The van der Waals surface area contributed by atoms with E-state index in [0.29, 0.717) is 17.2 Å². The molecule has 10 heteroatoms. The lowest BCUT2D eigenvalue weighted by atomic mass is 10.2. The van der Waals surface area contributed by atoms with Crippen LogP contribution in [0.15, 0.2) is 99.3 Å². The molecule has 0 aliphatic heterocycles. The zero-order valence-electron chi connectivity index (χ0n) is 16.0. The molecule has 0 aliphatic carbocycles. The third-order valence-electron chi connectivity index (χ3n) is 4.41. The highest BCUT2D eigenvalue weighted by Crippen LogP contribution is 2.27. The molecule has 0 fully saturated rings. The predicted octanol–water partition coefficient (Wildman–Crippen LogP) is 3.46. The number of rotatable bonds is 6. The molecule has 0 saturated heterocycles. The van der Waals surface area contributed by atoms with Gasteiger partial charge in [-0.25, -0.2) is 27.0 Å². The summed E-state index contributed by atoms with van der Waals surface area (Å²) < 4.78 is 56.0. The lowest BCUT2D eigenvalue weighted by Crippen LogP contribution is -2.14. The molecule has 1 heterocycles. The summed E-state index contributed by atoms with van der Waals surface area (Å²) in [6.07, 6.45) is 1.61.